The van der Waals surface area contributed by atoms with E-state index in [0.717, 1.165) is 5.69 Å². The highest BCUT2D eigenvalue weighted by atomic mass is 32.1. The minimum Gasteiger partial charge on any atom is -0.364 e. The van der Waals surface area contributed by atoms with Gasteiger partial charge in [-0.15, -0.1) is 11.3 Å². The highest BCUT2D eigenvalue weighted by Gasteiger charge is 1.96. The Morgan fingerprint density at radius 3 is 2.93 bits per heavy atom. The van der Waals surface area contributed by atoms with Crippen LogP contribution in [-0.2, 0) is 6.54 Å². The van der Waals surface area contributed by atoms with Crippen LogP contribution in [0.25, 0.3) is 0 Å². The van der Waals surface area contributed by atoms with Crippen molar-refractivity contribution in [3.8, 4) is 0 Å². The van der Waals surface area contributed by atoms with Crippen LogP contribution >= 0.6 is 11.3 Å². The topological polar surface area (TPSA) is 37.8 Å². The Balaban J connectivity index is 1.95. The third-order valence-electron chi connectivity index (χ3n) is 1.66. The second-order valence-electron chi connectivity index (χ2n) is 2.69. The molecule has 2 aromatic heterocycles. The molecule has 0 radical (unpaired) electrons. The minimum absolute atomic E-state index is 0.329. The molecule has 2 rings (SSSR count). The van der Waals surface area contributed by atoms with Gasteiger partial charge in [-0.3, -0.25) is 0 Å². The summed E-state index contributed by atoms with van der Waals surface area (Å²) in [6, 6.07) is 2.97. The lowest BCUT2D eigenvalue weighted by Gasteiger charge is -2.01. The molecule has 0 aliphatic heterocycles. The zero-order valence-electron chi connectivity index (χ0n) is 7.27. The van der Waals surface area contributed by atoms with Crippen molar-refractivity contribution >= 4 is 17.2 Å². The van der Waals surface area contributed by atoms with Crippen molar-refractivity contribution < 1.29 is 4.39 Å². The predicted molar refractivity (Wildman–Crippen MR) is 53.6 cm³/mol. The number of pyridine rings is 1. The van der Waals surface area contributed by atoms with E-state index >= 15 is 0 Å². The number of nitrogens with zero attached hydrogens (tertiary/aromatic N) is 2. The van der Waals surface area contributed by atoms with Crippen molar-refractivity contribution in [2.75, 3.05) is 5.32 Å². The van der Waals surface area contributed by atoms with Crippen LogP contribution in [0, 0.1) is 5.82 Å². The fraction of sp³-hybridized carbons (Fsp3) is 0.111. The summed E-state index contributed by atoms with van der Waals surface area (Å²) in [7, 11) is 0. The smallest absolute Gasteiger partial charge is 0.141 e. The molecule has 72 valence electrons. The van der Waals surface area contributed by atoms with Crippen molar-refractivity contribution in [3.63, 3.8) is 0 Å². The van der Waals surface area contributed by atoms with Crippen LogP contribution in [0.1, 0.15) is 5.69 Å². The molecule has 0 bridgehead atoms. The second kappa shape index (κ2) is 4.15. The van der Waals surface area contributed by atoms with Gasteiger partial charge in [0.05, 0.1) is 23.9 Å². The van der Waals surface area contributed by atoms with Gasteiger partial charge in [-0.05, 0) is 12.1 Å². The van der Waals surface area contributed by atoms with Gasteiger partial charge in [0.2, 0.25) is 0 Å². The molecule has 0 atom stereocenters. The SMILES string of the molecule is Fc1ccc(NCc2cscn2)nc1. The van der Waals surface area contributed by atoms with E-state index in [1.54, 1.807) is 22.9 Å². The molecule has 0 aromatic carbocycles. The van der Waals surface area contributed by atoms with Crippen LogP contribution in [0.5, 0.6) is 0 Å². The van der Waals surface area contributed by atoms with E-state index in [-0.39, 0.29) is 5.82 Å². The summed E-state index contributed by atoms with van der Waals surface area (Å²) >= 11 is 1.55. The average molecular weight is 209 g/mol. The Morgan fingerprint density at radius 2 is 2.29 bits per heavy atom. The maximum atomic E-state index is 12.5. The molecule has 1 N–H and O–H groups in total. The van der Waals surface area contributed by atoms with E-state index in [1.807, 2.05) is 5.38 Å². The van der Waals surface area contributed by atoms with E-state index < -0.39 is 0 Å². The molecular formula is C9H8FN3S. The van der Waals surface area contributed by atoms with Crippen molar-refractivity contribution in [3.05, 3.63) is 40.7 Å². The summed E-state index contributed by atoms with van der Waals surface area (Å²) in [5.41, 5.74) is 2.73. The zero-order chi connectivity index (χ0) is 9.80. The molecule has 14 heavy (non-hydrogen) atoms. The third-order valence-corrected chi connectivity index (χ3v) is 2.30. The molecule has 0 spiro atoms. The highest BCUT2D eigenvalue weighted by molar-refractivity contribution is 7.07. The summed E-state index contributed by atoms with van der Waals surface area (Å²) in [5, 5.41) is 5.00. The summed E-state index contributed by atoms with van der Waals surface area (Å²) < 4.78 is 12.5. The summed E-state index contributed by atoms with van der Waals surface area (Å²) in [6.07, 6.45) is 1.18. The Labute approximate surface area is 84.6 Å². The molecule has 0 saturated heterocycles. The Kier molecular flexibility index (Phi) is 2.69. The number of halogens is 1. The molecular weight excluding hydrogens is 201 g/mol. The monoisotopic (exact) mass is 209 g/mol. The maximum Gasteiger partial charge on any atom is 0.141 e. The minimum atomic E-state index is -0.329. The standard InChI is InChI=1S/C9H8FN3S/c10-7-1-2-9(11-3-7)12-4-8-5-14-6-13-8/h1-3,5-6H,4H2,(H,11,12). The normalized spacial score (nSPS) is 10.1. The van der Waals surface area contributed by atoms with Gasteiger partial charge >= 0.3 is 0 Å². The van der Waals surface area contributed by atoms with Crippen molar-refractivity contribution in [2.24, 2.45) is 0 Å². The first kappa shape index (κ1) is 9.08. The molecule has 0 aliphatic rings. The van der Waals surface area contributed by atoms with Gasteiger partial charge in [0.15, 0.2) is 0 Å². The number of nitrogens with one attached hydrogen (secondary N) is 1. The van der Waals surface area contributed by atoms with Gasteiger partial charge in [-0.1, -0.05) is 0 Å². The van der Waals surface area contributed by atoms with Gasteiger partial charge in [0.1, 0.15) is 11.6 Å². The van der Waals surface area contributed by atoms with Crippen LogP contribution in [0.4, 0.5) is 10.2 Å². The van der Waals surface area contributed by atoms with Crippen LogP contribution in [0.3, 0.4) is 0 Å². The maximum absolute atomic E-state index is 12.5. The van der Waals surface area contributed by atoms with Crippen molar-refractivity contribution in [2.45, 2.75) is 6.54 Å². The number of thiazole rings is 1. The molecule has 0 fully saturated rings. The van der Waals surface area contributed by atoms with Gasteiger partial charge < -0.3 is 5.32 Å². The van der Waals surface area contributed by atoms with Gasteiger partial charge in [-0.25, -0.2) is 14.4 Å². The molecule has 0 aliphatic carbocycles. The summed E-state index contributed by atoms with van der Waals surface area (Å²) in [4.78, 5) is 7.97. The first-order valence-corrected chi connectivity index (χ1v) is 5.01. The lowest BCUT2D eigenvalue weighted by molar-refractivity contribution is 0.621. The van der Waals surface area contributed by atoms with Crippen LogP contribution in [0.15, 0.2) is 29.2 Å². The lowest BCUT2D eigenvalue weighted by Crippen LogP contribution is -2.01. The Hall–Kier alpha value is -1.49. The molecule has 2 aromatic rings. The number of aromatic nitrogens is 2. The van der Waals surface area contributed by atoms with Crippen LogP contribution in [-0.4, -0.2) is 9.97 Å². The largest absolute Gasteiger partial charge is 0.364 e. The lowest BCUT2D eigenvalue weighted by atomic mass is 10.4. The average Bonchev–Trinajstić information content (AvgIpc) is 2.70. The number of hydrogen-bond acceptors (Lipinski definition) is 4. The first-order valence-electron chi connectivity index (χ1n) is 4.07. The fourth-order valence-electron chi connectivity index (χ4n) is 0.986. The number of anilines is 1. The molecule has 3 nitrogen and oxygen atoms in total. The van der Waals surface area contributed by atoms with E-state index in [1.165, 1.54) is 12.3 Å². The van der Waals surface area contributed by atoms with Gasteiger partial charge in [-0.2, -0.15) is 0 Å². The first-order chi connectivity index (χ1) is 6.84. The quantitative estimate of drug-likeness (QED) is 0.842. The predicted octanol–water partition coefficient (Wildman–Crippen LogP) is 2.29. The highest BCUT2D eigenvalue weighted by Crippen LogP contribution is 2.06. The van der Waals surface area contributed by atoms with Crippen LogP contribution in [0.2, 0.25) is 0 Å². The second-order valence-corrected chi connectivity index (χ2v) is 3.41. The van der Waals surface area contributed by atoms with Gasteiger partial charge in [0.25, 0.3) is 0 Å². The molecule has 0 amide bonds. The number of rotatable bonds is 3. The summed E-state index contributed by atoms with van der Waals surface area (Å²) in [5.74, 6) is 0.323. The molecule has 5 heteroatoms. The van der Waals surface area contributed by atoms with E-state index in [2.05, 4.69) is 15.3 Å². The van der Waals surface area contributed by atoms with E-state index in [0.29, 0.717) is 12.4 Å². The Bertz CT molecular complexity index is 385. The molecule has 0 saturated carbocycles. The molecule has 0 unspecified atom stereocenters. The van der Waals surface area contributed by atoms with Gasteiger partial charge in [0, 0.05) is 5.38 Å². The van der Waals surface area contributed by atoms with Crippen molar-refractivity contribution in [1.29, 1.82) is 0 Å². The zero-order valence-corrected chi connectivity index (χ0v) is 8.09. The third kappa shape index (κ3) is 2.26. The summed E-state index contributed by atoms with van der Waals surface area (Å²) in [6.45, 7) is 0.613. The molecule has 2 heterocycles. The van der Waals surface area contributed by atoms with Crippen molar-refractivity contribution in [1.82, 2.24) is 9.97 Å². The van der Waals surface area contributed by atoms with Crippen LogP contribution < -0.4 is 5.32 Å². The van der Waals surface area contributed by atoms with E-state index in [9.17, 15) is 4.39 Å². The van der Waals surface area contributed by atoms with E-state index in [4.69, 9.17) is 0 Å². The fourth-order valence-corrected chi connectivity index (χ4v) is 1.54. The Morgan fingerprint density at radius 1 is 1.36 bits per heavy atom. The number of hydrogen-bond donors (Lipinski definition) is 1.